The zero-order chi connectivity index (χ0) is 14.2. The Labute approximate surface area is 125 Å². The molecule has 8 heteroatoms. The van der Waals surface area contributed by atoms with E-state index in [0.29, 0.717) is 12.6 Å². The average molecular weight is 301 g/mol. The van der Waals surface area contributed by atoms with Crippen LogP contribution >= 0.6 is 11.8 Å². The summed E-state index contributed by atoms with van der Waals surface area (Å²) in [7, 11) is 0. The van der Waals surface area contributed by atoms with Gasteiger partial charge in [0.2, 0.25) is 5.78 Å². The minimum Gasteiger partial charge on any atom is -0.324 e. The largest absolute Gasteiger partial charge is 0.324 e. The van der Waals surface area contributed by atoms with Crippen molar-refractivity contribution in [2.75, 3.05) is 0 Å². The lowest BCUT2D eigenvalue weighted by Gasteiger charge is -2.06. The molecule has 0 bridgehead atoms. The Bertz CT molecular complexity index is 741. The smallest absolute Gasteiger partial charge is 0.233 e. The van der Waals surface area contributed by atoms with Crippen LogP contribution in [0.25, 0.3) is 5.78 Å². The van der Waals surface area contributed by atoms with Crippen molar-refractivity contribution >= 4 is 17.5 Å². The van der Waals surface area contributed by atoms with Gasteiger partial charge in [-0.15, -0.1) is 10.2 Å². The average Bonchev–Trinajstić information content (AvgIpc) is 3.13. The molecule has 0 amide bonds. The van der Waals surface area contributed by atoms with Crippen LogP contribution in [0.1, 0.15) is 30.4 Å². The molecule has 0 aromatic carbocycles. The van der Waals surface area contributed by atoms with Crippen LogP contribution in [0.5, 0.6) is 0 Å². The molecule has 3 aromatic rings. The molecule has 0 saturated heterocycles. The molecule has 4 rings (SSSR count). The van der Waals surface area contributed by atoms with Gasteiger partial charge in [0, 0.05) is 30.4 Å². The van der Waals surface area contributed by atoms with Crippen LogP contribution in [0.3, 0.4) is 0 Å². The summed E-state index contributed by atoms with van der Waals surface area (Å²) in [6.45, 7) is 0.433. The number of fused-ring (bicyclic) bond motifs is 1. The van der Waals surface area contributed by atoms with Crippen molar-refractivity contribution in [3.63, 3.8) is 0 Å². The van der Waals surface area contributed by atoms with Gasteiger partial charge in [-0.3, -0.25) is 4.40 Å². The van der Waals surface area contributed by atoms with Gasteiger partial charge < -0.3 is 10.3 Å². The van der Waals surface area contributed by atoms with Gasteiger partial charge in [-0.1, -0.05) is 11.8 Å². The molecule has 21 heavy (non-hydrogen) atoms. The van der Waals surface area contributed by atoms with E-state index in [9.17, 15) is 0 Å². The summed E-state index contributed by atoms with van der Waals surface area (Å²) in [4.78, 5) is 8.72. The number of imidazole rings is 1. The maximum atomic E-state index is 5.73. The van der Waals surface area contributed by atoms with Gasteiger partial charge in [-0.2, -0.15) is 0 Å². The molecule has 1 aliphatic rings. The van der Waals surface area contributed by atoms with Crippen LogP contribution in [0.2, 0.25) is 0 Å². The van der Waals surface area contributed by atoms with Gasteiger partial charge in [0.1, 0.15) is 5.82 Å². The third-order valence-electron chi connectivity index (χ3n) is 3.46. The molecule has 0 unspecified atom stereocenters. The maximum Gasteiger partial charge on any atom is 0.233 e. The van der Waals surface area contributed by atoms with Crippen molar-refractivity contribution in [2.45, 2.75) is 36.3 Å². The van der Waals surface area contributed by atoms with Crippen molar-refractivity contribution in [2.24, 2.45) is 5.73 Å². The number of hydrogen-bond acceptors (Lipinski definition) is 6. The minimum atomic E-state index is 0.433. The van der Waals surface area contributed by atoms with Crippen LogP contribution in [0, 0.1) is 0 Å². The van der Waals surface area contributed by atoms with Gasteiger partial charge in [0.25, 0.3) is 0 Å². The van der Waals surface area contributed by atoms with Gasteiger partial charge in [0.15, 0.2) is 5.16 Å². The van der Waals surface area contributed by atoms with E-state index in [1.54, 1.807) is 18.0 Å². The summed E-state index contributed by atoms with van der Waals surface area (Å²) < 4.78 is 4.10. The predicted octanol–water partition coefficient (Wildman–Crippen LogP) is 1.41. The summed E-state index contributed by atoms with van der Waals surface area (Å²) in [5.41, 5.74) is 6.72. The first kappa shape index (κ1) is 12.8. The number of aromatic nitrogens is 6. The second-order valence-electron chi connectivity index (χ2n) is 5.05. The number of nitrogens with zero attached hydrogens (tertiary/aromatic N) is 6. The molecule has 3 heterocycles. The molecule has 1 saturated carbocycles. The normalized spacial score (nSPS) is 14.9. The molecule has 108 valence electrons. The molecule has 7 nitrogen and oxygen atoms in total. The van der Waals surface area contributed by atoms with Crippen molar-refractivity contribution in [3.05, 3.63) is 36.2 Å². The Kier molecular flexibility index (Phi) is 3.12. The van der Waals surface area contributed by atoms with E-state index in [4.69, 9.17) is 5.73 Å². The maximum absolute atomic E-state index is 5.73. The summed E-state index contributed by atoms with van der Waals surface area (Å²) in [5, 5.41) is 9.38. The Morgan fingerprint density at radius 2 is 2.24 bits per heavy atom. The second kappa shape index (κ2) is 5.12. The van der Waals surface area contributed by atoms with Crippen molar-refractivity contribution in [3.8, 4) is 0 Å². The highest BCUT2D eigenvalue weighted by Gasteiger charge is 2.29. The molecule has 0 atom stereocenters. The first-order valence-corrected chi connectivity index (χ1v) is 7.89. The van der Waals surface area contributed by atoms with Gasteiger partial charge in [-0.25, -0.2) is 9.97 Å². The molecule has 1 fully saturated rings. The summed E-state index contributed by atoms with van der Waals surface area (Å²) >= 11 is 1.65. The fourth-order valence-corrected chi connectivity index (χ4v) is 3.24. The quantitative estimate of drug-likeness (QED) is 0.717. The first-order chi connectivity index (χ1) is 10.3. The number of hydrogen-bond donors (Lipinski definition) is 1. The highest BCUT2D eigenvalue weighted by molar-refractivity contribution is 7.98. The zero-order valence-electron chi connectivity index (χ0n) is 11.4. The van der Waals surface area contributed by atoms with E-state index in [-0.39, 0.29) is 0 Å². The van der Waals surface area contributed by atoms with Crippen molar-refractivity contribution in [1.29, 1.82) is 0 Å². The monoisotopic (exact) mass is 301 g/mol. The Morgan fingerprint density at radius 3 is 3.00 bits per heavy atom. The summed E-state index contributed by atoms with van der Waals surface area (Å²) in [5.74, 6) is 2.34. The standard InChI is InChI=1S/C13H15N7S/c14-6-11-17-18-13(20(11)10-2-3-10)21-8-9-7-19-5-1-4-15-12(19)16-9/h1,4-5,7,10H,2-3,6,8,14H2. The number of nitrogens with two attached hydrogens (primary N) is 1. The van der Waals surface area contributed by atoms with E-state index in [2.05, 4.69) is 24.7 Å². The molecular weight excluding hydrogens is 286 g/mol. The van der Waals surface area contributed by atoms with Gasteiger partial charge >= 0.3 is 0 Å². The first-order valence-electron chi connectivity index (χ1n) is 6.90. The Balaban J connectivity index is 1.55. The predicted molar refractivity (Wildman–Crippen MR) is 78.7 cm³/mol. The van der Waals surface area contributed by atoms with Crippen LogP contribution in [-0.2, 0) is 12.3 Å². The minimum absolute atomic E-state index is 0.433. The fraction of sp³-hybridized carbons (Fsp3) is 0.385. The molecule has 3 aromatic heterocycles. The lowest BCUT2D eigenvalue weighted by atomic mass is 10.5. The SMILES string of the molecule is NCc1nnc(SCc2cn3cccnc3n2)n1C1CC1. The highest BCUT2D eigenvalue weighted by Crippen LogP contribution is 2.39. The molecule has 2 N–H and O–H groups in total. The molecule has 1 aliphatic carbocycles. The van der Waals surface area contributed by atoms with E-state index in [1.807, 2.05) is 22.9 Å². The second-order valence-corrected chi connectivity index (χ2v) is 5.99. The lowest BCUT2D eigenvalue weighted by molar-refractivity contribution is 0.626. The number of thioether (sulfide) groups is 1. The van der Waals surface area contributed by atoms with E-state index >= 15 is 0 Å². The summed E-state index contributed by atoms with van der Waals surface area (Å²) in [6, 6.07) is 2.42. The third-order valence-corrected chi connectivity index (χ3v) is 4.44. The van der Waals surface area contributed by atoms with E-state index < -0.39 is 0 Å². The topological polar surface area (TPSA) is 86.9 Å². The molecule has 0 spiro atoms. The third kappa shape index (κ3) is 2.40. The van der Waals surface area contributed by atoms with Crippen LogP contribution < -0.4 is 5.73 Å². The molecular formula is C13H15N7S. The van der Waals surface area contributed by atoms with Crippen molar-refractivity contribution < 1.29 is 0 Å². The highest BCUT2D eigenvalue weighted by atomic mass is 32.2. The van der Waals surface area contributed by atoms with Crippen LogP contribution in [-0.4, -0.2) is 29.1 Å². The zero-order valence-corrected chi connectivity index (χ0v) is 12.2. The van der Waals surface area contributed by atoms with Crippen LogP contribution in [0.4, 0.5) is 0 Å². The number of rotatable bonds is 5. The molecule has 0 radical (unpaired) electrons. The fourth-order valence-electron chi connectivity index (χ4n) is 2.33. The Morgan fingerprint density at radius 1 is 1.33 bits per heavy atom. The molecule has 0 aliphatic heterocycles. The van der Waals surface area contributed by atoms with Crippen LogP contribution in [0.15, 0.2) is 29.8 Å². The summed E-state index contributed by atoms with van der Waals surface area (Å²) in [6.07, 6.45) is 8.07. The van der Waals surface area contributed by atoms with Gasteiger partial charge in [0.05, 0.1) is 12.2 Å². The van der Waals surface area contributed by atoms with Gasteiger partial charge in [-0.05, 0) is 18.9 Å². The Hall–Kier alpha value is -1.93. The van der Waals surface area contributed by atoms with E-state index in [1.165, 1.54) is 12.8 Å². The lowest BCUT2D eigenvalue weighted by Crippen LogP contribution is -2.08. The van der Waals surface area contributed by atoms with Crippen molar-refractivity contribution in [1.82, 2.24) is 29.1 Å². The van der Waals surface area contributed by atoms with E-state index in [0.717, 1.165) is 28.2 Å².